The van der Waals surface area contributed by atoms with Crippen LogP contribution >= 0.6 is 24.0 Å². The maximum Gasteiger partial charge on any atom is 0.193 e. The van der Waals surface area contributed by atoms with E-state index in [0.717, 1.165) is 45.2 Å². The number of benzene rings is 1. The molecule has 1 N–H and O–H groups in total. The fourth-order valence-corrected chi connectivity index (χ4v) is 2.91. The predicted octanol–water partition coefficient (Wildman–Crippen LogP) is 2.04. The molecule has 2 aromatic rings. The van der Waals surface area contributed by atoms with Gasteiger partial charge in [-0.3, -0.25) is 9.67 Å². The second-order valence-electron chi connectivity index (χ2n) is 5.67. The molecule has 25 heavy (non-hydrogen) atoms. The molecule has 1 aliphatic rings. The minimum atomic E-state index is -0.160. The Balaban J connectivity index is 0.00000225. The van der Waals surface area contributed by atoms with E-state index in [1.54, 1.807) is 19.3 Å². The van der Waals surface area contributed by atoms with Crippen molar-refractivity contribution in [3.05, 3.63) is 48.5 Å². The fraction of sp³-hybridized carbons (Fsp3) is 0.412. The Bertz CT molecular complexity index is 668. The van der Waals surface area contributed by atoms with E-state index in [-0.39, 0.29) is 29.8 Å². The number of hydrogen-bond acceptors (Lipinski definition) is 3. The molecular weight excluding hydrogens is 434 g/mol. The lowest BCUT2D eigenvalue weighted by Crippen LogP contribution is -2.53. The minimum Gasteiger partial charge on any atom is -0.366 e. The maximum absolute atomic E-state index is 13.9. The van der Waals surface area contributed by atoms with E-state index in [4.69, 9.17) is 0 Å². The van der Waals surface area contributed by atoms with Crippen LogP contribution in [-0.2, 0) is 6.54 Å². The molecule has 1 aromatic carbocycles. The van der Waals surface area contributed by atoms with Crippen molar-refractivity contribution >= 4 is 35.6 Å². The summed E-state index contributed by atoms with van der Waals surface area (Å²) in [6.07, 6.45) is 3.72. The van der Waals surface area contributed by atoms with E-state index < -0.39 is 0 Å². The first kappa shape index (κ1) is 19.5. The molecule has 0 aliphatic carbocycles. The van der Waals surface area contributed by atoms with E-state index in [9.17, 15) is 4.39 Å². The smallest absolute Gasteiger partial charge is 0.193 e. The normalized spacial score (nSPS) is 15.0. The van der Waals surface area contributed by atoms with Gasteiger partial charge in [0.2, 0.25) is 0 Å². The zero-order valence-electron chi connectivity index (χ0n) is 14.3. The standard InChI is InChI=1S/C17H23FN6.HI/c1-19-17(20-8-10-24-9-4-7-21-24)23-13-11-22(12-14-23)16-6-3-2-5-15(16)18;/h2-7,9H,8,10-14H2,1H3,(H,19,20);1H. The first-order valence-corrected chi connectivity index (χ1v) is 8.20. The number of hydrogen-bond donors (Lipinski definition) is 1. The van der Waals surface area contributed by atoms with Crippen molar-refractivity contribution in [3.63, 3.8) is 0 Å². The van der Waals surface area contributed by atoms with Crippen LogP contribution in [0, 0.1) is 5.82 Å². The molecule has 3 rings (SSSR count). The number of aliphatic imine (C=N–C) groups is 1. The highest BCUT2D eigenvalue weighted by Gasteiger charge is 2.21. The molecule has 0 unspecified atom stereocenters. The fourth-order valence-electron chi connectivity index (χ4n) is 2.91. The molecule has 0 radical (unpaired) electrons. The summed E-state index contributed by atoms with van der Waals surface area (Å²) in [7, 11) is 1.79. The summed E-state index contributed by atoms with van der Waals surface area (Å²) in [5, 5.41) is 7.55. The quantitative estimate of drug-likeness (QED) is 0.433. The average molecular weight is 458 g/mol. The SMILES string of the molecule is CN=C(NCCn1cccn1)N1CCN(c2ccccc2F)CC1.I. The van der Waals surface area contributed by atoms with Crippen molar-refractivity contribution in [1.29, 1.82) is 0 Å². The van der Waals surface area contributed by atoms with Crippen molar-refractivity contribution in [1.82, 2.24) is 20.0 Å². The van der Waals surface area contributed by atoms with Crippen molar-refractivity contribution in [2.45, 2.75) is 6.54 Å². The van der Waals surface area contributed by atoms with Gasteiger partial charge < -0.3 is 15.1 Å². The summed E-state index contributed by atoms with van der Waals surface area (Å²) in [6.45, 7) is 4.75. The van der Waals surface area contributed by atoms with E-state index in [2.05, 4.69) is 25.2 Å². The predicted molar refractivity (Wildman–Crippen MR) is 109 cm³/mol. The van der Waals surface area contributed by atoms with E-state index >= 15 is 0 Å². The molecule has 6 nitrogen and oxygen atoms in total. The highest BCUT2D eigenvalue weighted by atomic mass is 127. The molecule has 136 valence electrons. The third-order valence-electron chi connectivity index (χ3n) is 4.17. The van der Waals surface area contributed by atoms with Gasteiger partial charge in [-0.05, 0) is 18.2 Å². The van der Waals surface area contributed by atoms with E-state index in [1.807, 2.05) is 29.1 Å². The number of piperazine rings is 1. The van der Waals surface area contributed by atoms with Gasteiger partial charge in [0, 0.05) is 52.2 Å². The third-order valence-corrected chi connectivity index (χ3v) is 4.17. The number of halogens is 2. The number of anilines is 1. The Morgan fingerprint density at radius 2 is 1.96 bits per heavy atom. The minimum absolute atomic E-state index is 0. The largest absolute Gasteiger partial charge is 0.366 e. The molecule has 1 saturated heterocycles. The van der Waals surface area contributed by atoms with Crippen molar-refractivity contribution < 1.29 is 4.39 Å². The molecule has 2 heterocycles. The van der Waals surface area contributed by atoms with Crippen LogP contribution in [0.2, 0.25) is 0 Å². The first-order valence-electron chi connectivity index (χ1n) is 8.20. The van der Waals surface area contributed by atoms with Gasteiger partial charge in [-0.2, -0.15) is 5.10 Å². The summed E-state index contributed by atoms with van der Waals surface area (Å²) in [5.74, 6) is 0.725. The van der Waals surface area contributed by atoms with Crippen LogP contribution in [0.4, 0.5) is 10.1 Å². The number of rotatable bonds is 4. The summed E-state index contributed by atoms with van der Waals surface area (Å²) in [6, 6.07) is 8.86. The van der Waals surface area contributed by atoms with Crippen LogP contribution in [0.15, 0.2) is 47.7 Å². The monoisotopic (exact) mass is 458 g/mol. The number of nitrogens with zero attached hydrogens (tertiary/aromatic N) is 5. The van der Waals surface area contributed by atoms with Gasteiger partial charge in [-0.25, -0.2) is 4.39 Å². The molecule has 1 aliphatic heterocycles. The van der Waals surface area contributed by atoms with Gasteiger partial charge in [0.25, 0.3) is 0 Å². The van der Waals surface area contributed by atoms with Crippen LogP contribution in [0.25, 0.3) is 0 Å². The Morgan fingerprint density at radius 3 is 2.60 bits per heavy atom. The molecule has 1 fully saturated rings. The molecule has 0 atom stereocenters. The zero-order chi connectivity index (χ0) is 16.8. The van der Waals surface area contributed by atoms with Crippen LogP contribution in [0.5, 0.6) is 0 Å². The summed E-state index contributed by atoms with van der Waals surface area (Å²) in [4.78, 5) is 8.65. The Kier molecular flexibility index (Phi) is 7.48. The van der Waals surface area contributed by atoms with Crippen LogP contribution in [-0.4, -0.2) is 60.4 Å². The number of guanidine groups is 1. The van der Waals surface area contributed by atoms with Gasteiger partial charge in [-0.15, -0.1) is 24.0 Å². The molecule has 1 aromatic heterocycles. The number of aromatic nitrogens is 2. The molecule has 0 bridgehead atoms. The molecule has 8 heteroatoms. The van der Waals surface area contributed by atoms with Gasteiger partial charge >= 0.3 is 0 Å². The highest BCUT2D eigenvalue weighted by Crippen LogP contribution is 2.20. The number of nitrogens with one attached hydrogen (secondary N) is 1. The van der Waals surface area contributed by atoms with Crippen molar-refractivity contribution in [3.8, 4) is 0 Å². The third kappa shape index (κ3) is 5.07. The summed E-state index contributed by atoms with van der Waals surface area (Å²) >= 11 is 0. The van der Waals surface area contributed by atoms with Crippen LogP contribution in [0.3, 0.4) is 0 Å². The molecule has 0 spiro atoms. The highest BCUT2D eigenvalue weighted by molar-refractivity contribution is 14.0. The molecule has 0 saturated carbocycles. The lowest BCUT2D eigenvalue weighted by molar-refractivity contribution is 0.369. The lowest BCUT2D eigenvalue weighted by atomic mass is 10.2. The Labute approximate surface area is 164 Å². The second kappa shape index (κ2) is 9.59. The molecule has 0 amide bonds. The summed E-state index contributed by atoms with van der Waals surface area (Å²) in [5.41, 5.74) is 0.679. The first-order chi connectivity index (χ1) is 11.8. The maximum atomic E-state index is 13.9. The van der Waals surface area contributed by atoms with Gasteiger partial charge in [0.1, 0.15) is 5.82 Å². The second-order valence-corrected chi connectivity index (χ2v) is 5.67. The zero-order valence-corrected chi connectivity index (χ0v) is 16.6. The summed E-state index contributed by atoms with van der Waals surface area (Å²) < 4.78 is 15.8. The Morgan fingerprint density at radius 1 is 1.20 bits per heavy atom. The van der Waals surface area contributed by atoms with Crippen molar-refractivity contribution in [2.75, 3.05) is 44.7 Å². The van der Waals surface area contributed by atoms with Gasteiger partial charge in [-0.1, -0.05) is 12.1 Å². The van der Waals surface area contributed by atoms with Gasteiger partial charge in [0.05, 0.1) is 12.2 Å². The van der Waals surface area contributed by atoms with Crippen LogP contribution < -0.4 is 10.2 Å². The van der Waals surface area contributed by atoms with Crippen LogP contribution in [0.1, 0.15) is 0 Å². The van der Waals surface area contributed by atoms with Crippen molar-refractivity contribution in [2.24, 2.45) is 4.99 Å². The number of para-hydroxylation sites is 1. The van der Waals surface area contributed by atoms with E-state index in [1.165, 1.54) is 6.07 Å². The topological polar surface area (TPSA) is 48.7 Å². The molecular formula is C17H24FIN6. The Hall–Kier alpha value is -1.84. The lowest BCUT2D eigenvalue weighted by Gasteiger charge is -2.37. The average Bonchev–Trinajstić information content (AvgIpc) is 3.13. The van der Waals surface area contributed by atoms with Gasteiger partial charge in [0.15, 0.2) is 5.96 Å². The van der Waals surface area contributed by atoms with E-state index in [0.29, 0.717) is 5.69 Å².